The molecule has 0 bridgehead atoms. The van der Waals surface area contributed by atoms with E-state index in [0.29, 0.717) is 10.5 Å². The van der Waals surface area contributed by atoms with Crippen molar-refractivity contribution in [1.29, 1.82) is 0 Å². The molecule has 13 heteroatoms. The van der Waals surface area contributed by atoms with Gasteiger partial charge in [-0.05, 0) is 79.5 Å². The predicted molar refractivity (Wildman–Crippen MR) is 158 cm³/mol. The molecule has 0 unspecified atom stereocenters. The Morgan fingerprint density at radius 3 is 2.16 bits per heavy atom. The van der Waals surface area contributed by atoms with Crippen LogP contribution < -0.4 is 14.8 Å². The molecule has 0 atom stereocenters. The van der Waals surface area contributed by atoms with Crippen LogP contribution in [0.4, 0.5) is 18.9 Å². The van der Waals surface area contributed by atoms with Crippen LogP contribution in [0.25, 0.3) is 0 Å². The number of carbonyl (C=O) groups excluding carboxylic acids is 3. The zero-order valence-electron chi connectivity index (χ0n) is 22.1. The average Bonchev–Trinajstić information content (AvgIpc) is 2.97. The third-order valence-electron chi connectivity index (χ3n) is 5.72. The second-order valence-electron chi connectivity index (χ2n) is 8.64. The van der Waals surface area contributed by atoms with E-state index < -0.39 is 29.5 Å². The van der Waals surface area contributed by atoms with Crippen molar-refractivity contribution in [2.75, 3.05) is 11.3 Å². The quantitative estimate of drug-likeness (QED) is 0.107. The lowest BCUT2D eigenvalue weighted by molar-refractivity contribution is -0.137. The van der Waals surface area contributed by atoms with E-state index in [1.165, 1.54) is 30.3 Å². The Morgan fingerprint density at radius 1 is 0.814 bits per heavy atom. The summed E-state index contributed by atoms with van der Waals surface area (Å²) >= 11 is 13.2. The first-order valence-corrected chi connectivity index (χ1v) is 14.0. The summed E-state index contributed by atoms with van der Waals surface area (Å²) in [6.45, 7) is 1.86. The van der Waals surface area contributed by atoms with Crippen molar-refractivity contribution in [3.8, 4) is 11.5 Å². The average molecular weight is 649 g/mol. The summed E-state index contributed by atoms with van der Waals surface area (Å²) in [5, 5.41) is 2.10. The number of imide groups is 1. The van der Waals surface area contributed by atoms with Gasteiger partial charge in [0.1, 0.15) is 11.5 Å². The number of carbonyl (C=O) groups is 3. The van der Waals surface area contributed by atoms with Gasteiger partial charge in [0.05, 0.1) is 44.6 Å². The maximum Gasteiger partial charge on any atom is 0.416 e. The van der Waals surface area contributed by atoms with Crippen molar-refractivity contribution >= 4 is 58.6 Å². The molecule has 0 radical (unpaired) electrons. The van der Waals surface area contributed by atoms with Crippen LogP contribution in [0.15, 0.2) is 89.8 Å². The van der Waals surface area contributed by atoms with Crippen molar-refractivity contribution in [2.24, 2.45) is 0 Å². The number of halogens is 5. The number of alkyl halides is 3. The number of hydrogen-bond donors (Lipinski definition) is 2. The highest BCUT2D eigenvalue weighted by Gasteiger charge is 2.31. The van der Waals surface area contributed by atoms with Crippen LogP contribution in [0.3, 0.4) is 0 Å². The molecule has 2 amide bonds. The third kappa shape index (κ3) is 8.01. The molecule has 0 aliphatic heterocycles. The van der Waals surface area contributed by atoms with Crippen molar-refractivity contribution in [3.63, 3.8) is 0 Å². The Kier molecular flexibility index (Phi) is 10.2. The normalized spacial score (nSPS) is 11.0. The van der Waals surface area contributed by atoms with Crippen LogP contribution in [0.5, 0.6) is 11.5 Å². The third-order valence-corrected chi connectivity index (χ3v) is 7.24. The van der Waals surface area contributed by atoms with Crippen molar-refractivity contribution < 1.29 is 37.0 Å². The summed E-state index contributed by atoms with van der Waals surface area (Å²) in [7, 11) is 0. The monoisotopic (exact) mass is 648 g/mol. The molecule has 4 aromatic rings. The Morgan fingerprint density at radius 2 is 1.49 bits per heavy atom. The number of hydrogen-bond acceptors (Lipinski definition) is 7. The maximum absolute atomic E-state index is 13.4. The van der Waals surface area contributed by atoms with Gasteiger partial charge in [0.15, 0.2) is 0 Å². The van der Waals surface area contributed by atoms with Crippen LogP contribution in [0.1, 0.15) is 43.6 Å². The minimum Gasteiger partial charge on any atom is -0.462 e. The van der Waals surface area contributed by atoms with E-state index in [0.717, 1.165) is 30.1 Å². The lowest BCUT2D eigenvalue weighted by Crippen LogP contribution is -2.31. The Bertz CT molecular complexity index is 1680. The molecule has 0 aliphatic carbocycles. The summed E-state index contributed by atoms with van der Waals surface area (Å²) < 4.78 is 53.0. The highest BCUT2D eigenvalue weighted by atomic mass is 35.5. The highest BCUT2D eigenvalue weighted by molar-refractivity contribution is 8.00. The van der Waals surface area contributed by atoms with Crippen LogP contribution in [-0.2, 0) is 10.9 Å². The molecule has 0 fully saturated rings. The Balaban J connectivity index is 1.65. The van der Waals surface area contributed by atoms with Gasteiger partial charge in [0.25, 0.3) is 11.8 Å². The van der Waals surface area contributed by atoms with Gasteiger partial charge in [0, 0.05) is 4.90 Å². The minimum atomic E-state index is -4.60. The van der Waals surface area contributed by atoms with Crippen LogP contribution in [0.2, 0.25) is 10.0 Å². The van der Waals surface area contributed by atoms with E-state index in [9.17, 15) is 27.6 Å². The lowest BCUT2D eigenvalue weighted by Gasteiger charge is -2.16. The molecule has 7 nitrogen and oxygen atoms in total. The molecule has 0 saturated carbocycles. The van der Waals surface area contributed by atoms with Gasteiger partial charge in [-0.2, -0.15) is 13.2 Å². The van der Waals surface area contributed by atoms with E-state index in [1.807, 2.05) is 0 Å². The van der Waals surface area contributed by atoms with Crippen LogP contribution in [-0.4, -0.2) is 24.4 Å². The topological polar surface area (TPSA) is 93.7 Å². The zero-order chi connectivity index (χ0) is 31.1. The standard InChI is InChI=1S/C30H21Cl2F3N2O5S/c1-2-41-29(40)20-8-4-6-10-26(20)43-37-24-13-12-18(42-25-14-11-17(15-23(25)32)30(33,34)35)16-21(24)28(39)36-27(38)19-7-3-5-9-22(19)31/h3-16,37H,2H2,1H3,(H,36,38,39). The molecule has 222 valence electrons. The predicted octanol–water partition coefficient (Wildman–Crippen LogP) is 8.67. The van der Waals surface area contributed by atoms with E-state index >= 15 is 0 Å². The molecule has 2 N–H and O–H groups in total. The van der Waals surface area contributed by atoms with Gasteiger partial charge < -0.3 is 14.2 Å². The smallest absolute Gasteiger partial charge is 0.416 e. The Hall–Kier alpha value is -4.19. The first-order valence-electron chi connectivity index (χ1n) is 12.5. The summed E-state index contributed by atoms with van der Waals surface area (Å²) in [5.41, 5.74) is -0.448. The SMILES string of the molecule is CCOC(=O)c1ccccc1SNc1ccc(Oc2ccc(C(F)(F)F)cc2Cl)cc1C(=O)NC(=O)c1ccccc1Cl. The highest BCUT2D eigenvalue weighted by Crippen LogP contribution is 2.37. The molecular formula is C30H21Cl2F3N2O5S. The molecule has 0 aromatic heterocycles. The number of nitrogens with one attached hydrogen (secondary N) is 2. The molecule has 0 saturated heterocycles. The fraction of sp³-hybridized carbons (Fsp3) is 0.100. The van der Waals surface area contributed by atoms with Gasteiger partial charge in [-0.25, -0.2) is 4.79 Å². The molecule has 0 aliphatic rings. The number of benzene rings is 4. The van der Waals surface area contributed by atoms with Gasteiger partial charge in [-0.3, -0.25) is 14.9 Å². The fourth-order valence-corrected chi connectivity index (χ4v) is 4.92. The van der Waals surface area contributed by atoms with Gasteiger partial charge in [-0.1, -0.05) is 47.5 Å². The molecule has 0 spiro atoms. The first-order chi connectivity index (χ1) is 20.5. The summed E-state index contributed by atoms with van der Waals surface area (Å²) in [6.07, 6.45) is -4.60. The molecule has 0 heterocycles. The minimum absolute atomic E-state index is 0.0412. The van der Waals surface area contributed by atoms with Crippen molar-refractivity contribution in [1.82, 2.24) is 5.32 Å². The van der Waals surface area contributed by atoms with Gasteiger partial charge >= 0.3 is 12.1 Å². The van der Waals surface area contributed by atoms with E-state index in [4.69, 9.17) is 32.7 Å². The van der Waals surface area contributed by atoms with E-state index in [-0.39, 0.29) is 45.0 Å². The van der Waals surface area contributed by atoms with E-state index in [2.05, 4.69) is 10.0 Å². The molecular weight excluding hydrogens is 628 g/mol. The first kappa shape index (κ1) is 31.7. The largest absolute Gasteiger partial charge is 0.462 e. The van der Waals surface area contributed by atoms with E-state index in [1.54, 1.807) is 43.3 Å². The van der Waals surface area contributed by atoms with Gasteiger partial charge in [0.2, 0.25) is 0 Å². The maximum atomic E-state index is 13.4. The summed E-state index contributed by atoms with van der Waals surface area (Å²) in [4.78, 5) is 39.1. The zero-order valence-corrected chi connectivity index (χ0v) is 24.5. The second-order valence-corrected chi connectivity index (χ2v) is 10.3. The van der Waals surface area contributed by atoms with Crippen molar-refractivity contribution in [2.45, 2.75) is 18.0 Å². The van der Waals surface area contributed by atoms with Crippen molar-refractivity contribution in [3.05, 3.63) is 117 Å². The number of esters is 1. The van der Waals surface area contributed by atoms with Crippen LogP contribution >= 0.6 is 35.1 Å². The Labute approximate surface area is 258 Å². The number of ether oxygens (including phenoxy) is 2. The number of anilines is 1. The van der Waals surface area contributed by atoms with Gasteiger partial charge in [-0.15, -0.1) is 0 Å². The fourth-order valence-electron chi connectivity index (χ4n) is 3.68. The number of amides is 2. The molecule has 43 heavy (non-hydrogen) atoms. The second kappa shape index (κ2) is 13.9. The summed E-state index contributed by atoms with van der Waals surface area (Å²) in [5.74, 6) is -2.19. The van der Waals surface area contributed by atoms with Crippen LogP contribution in [0, 0.1) is 0 Å². The summed E-state index contributed by atoms with van der Waals surface area (Å²) in [6, 6.07) is 19.6. The number of rotatable bonds is 9. The molecule has 4 aromatic carbocycles. The lowest BCUT2D eigenvalue weighted by atomic mass is 10.1. The molecule has 4 rings (SSSR count).